The molecule has 8 nitrogen and oxygen atoms in total. The Morgan fingerprint density at radius 2 is 1.91 bits per heavy atom. The maximum absolute atomic E-state index is 13.8. The molecule has 0 radical (unpaired) electrons. The van der Waals surface area contributed by atoms with Gasteiger partial charge in [0.1, 0.15) is 12.4 Å². The van der Waals surface area contributed by atoms with Crippen molar-refractivity contribution in [1.82, 2.24) is 4.90 Å². The average Bonchev–Trinajstić information content (AvgIpc) is 3.02. The number of anilines is 1. The Kier molecular flexibility index (Phi) is 7.97. The van der Waals surface area contributed by atoms with Crippen LogP contribution in [-0.2, 0) is 15.1 Å². The number of ether oxygens (including phenoxy) is 2. The zero-order valence-corrected chi connectivity index (χ0v) is 19.9. The normalized spacial score (nSPS) is 17.5. The summed E-state index contributed by atoms with van der Waals surface area (Å²) < 4.78 is 10.9. The third-order valence-corrected chi connectivity index (χ3v) is 6.22. The van der Waals surface area contributed by atoms with E-state index in [9.17, 15) is 14.7 Å². The minimum Gasteiger partial charge on any atom is -0.491 e. The van der Waals surface area contributed by atoms with Crippen molar-refractivity contribution in [2.75, 3.05) is 51.4 Å². The van der Waals surface area contributed by atoms with Crippen LogP contribution in [0, 0.1) is 0 Å². The molecule has 33 heavy (non-hydrogen) atoms. The highest BCUT2D eigenvalue weighted by molar-refractivity contribution is 6.34. The lowest BCUT2D eigenvalue weighted by Gasteiger charge is -2.27. The number of hydrogen-bond acceptors (Lipinski definition) is 6. The van der Waals surface area contributed by atoms with Gasteiger partial charge in [-0.05, 0) is 31.3 Å². The van der Waals surface area contributed by atoms with E-state index >= 15 is 0 Å². The minimum atomic E-state index is -2.09. The number of methoxy groups -OCH3 is 1. The van der Waals surface area contributed by atoms with Crippen molar-refractivity contribution in [2.24, 2.45) is 5.73 Å². The molecule has 3 N–H and O–H groups in total. The fraction of sp³-hybridized carbons (Fsp3) is 0.417. The Balaban J connectivity index is 2.15. The molecule has 0 spiro atoms. The lowest BCUT2D eigenvalue weighted by Crippen LogP contribution is -2.44. The quantitative estimate of drug-likeness (QED) is 0.483. The number of carbonyl (C=O) groups excluding carboxylic acids is 2. The van der Waals surface area contributed by atoms with Gasteiger partial charge in [-0.3, -0.25) is 9.59 Å². The van der Waals surface area contributed by atoms with Crippen molar-refractivity contribution in [1.29, 1.82) is 0 Å². The summed E-state index contributed by atoms with van der Waals surface area (Å²) in [7, 11) is 1.56. The summed E-state index contributed by atoms with van der Waals surface area (Å²) in [6.07, 6.45) is 0. The van der Waals surface area contributed by atoms with Crippen LogP contribution in [0.3, 0.4) is 0 Å². The van der Waals surface area contributed by atoms with Gasteiger partial charge in [-0.1, -0.05) is 43.6 Å². The number of rotatable bonds is 11. The lowest BCUT2D eigenvalue weighted by atomic mass is 9.86. The first-order valence-corrected chi connectivity index (χ1v) is 11.3. The number of nitrogens with two attached hydrogens (primary N) is 1. The van der Waals surface area contributed by atoms with Crippen LogP contribution in [0.1, 0.15) is 35.3 Å². The van der Waals surface area contributed by atoms with E-state index in [4.69, 9.17) is 26.8 Å². The van der Waals surface area contributed by atoms with Crippen LogP contribution in [0.4, 0.5) is 5.69 Å². The Labute approximate surface area is 198 Å². The molecule has 1 heterocycles. The van der Waals surface area contributed by atoms with Crippen molar-refractivity contribution in [2.45, 2.75) is 19.4 Å². The molecule has 0 saturated carbocycles. The van der Waals surface area contributed by atoms with E-state index in [0.29, 0.717) is 31.1 Å². The predicted molar refractivity (Wildman–Crippen MR) is 127 cm³/mol. The summed E-state index contributed by atoms with van der Waals surface area (Å²) in [5.74, 6) is -0.887. The summed E-state index contributed by atoms with van der Waals surface area (Å²) in [6.45, 7) is 7.17. The smallest absolute Gasteiger partial charge is 0.268 e. The van der Waals surface area contributed by atoms with Crippen molar-refractivity contribution in [3.8, 4) is 5.75 Å². The number of benzene rings is 2. The number of fused-ring (bicyclic) bond motifs is 1. The molecule has 9 heteroatoms. The molecule has 0 aromatic heterocycles. The fourth-order valence-electron chi connectivity index (χ4n) is 4.10. The first-order chi connectivity index (χ1) is 15.8. The molecule has 2 aromatic carbocycles. The molecule has 0 bridgehead atoms. The third-order valence-electron chi connectivity index (χ3n) is 5.92. The van der Waals surface area contributed by atoms with Crippen LogP contribution in [-0.4, -0.2) is 68.3 Å². The van der Waals surface area contributed by atoms with Gasteiger partial charge >= 0.3 is 0 Å². The van der Waals surface area contributed by atoms with Crippen LogP contribution in [0.2, 0.25) is 5.02 Å². The third kappa shape index (κ3) is 4.70. The van der Waals surface area contributed by atoms with Gasteiger partial charge in [-0.2, -0.15) is 0 Å². The van der Waals surface area contributed by atoms with Gasteiger partial charge in [0, 0.05) is 36.9 Å². The second-order valence-electron chi connectivity index (χ2n) is 7.75. The molecule has 0 aliphatic carbocycles. The molecule has 178 valence electrons. The van der Waals surface area contributed by atoms with Crippen LogP contribution in [0.25, 0.3) is 0 Å². The van der Waals surface area contributed by atoms with E-state index in [1.54, 1.807) is 31.4 Å². The number of carbonyl (C=O) groups is 2. The predicted octanol–water partition coefficient (Wildman–Crippen LogP) is 2.39. The van der Waals surface area contributed by atoms with E-state index in [0.717, 1.165) is 13.1 Å². The molecule has 0 fully saturated rings. The Morgan fingerprint density at radius 3 is 2.55 bits per heavy atom. The number of halogens is 1. The van der Waals surface area contributed by atoms with Gasteiger partial charge < -0.3 is 30.1 Å². The second-order valence-corrected chi connectivity index (χ2v) is 8.16. The second kappa shape index (κ2) is 10.5. The molecule has 3 rings (SSSR count). The SMILES string of the molecule is CCN(CC)CCN1C(=O)C(O)(c2ccccc2OCCOC)c2c(Cl)cc(C(N)=O)cc21. The molecule has 1 unspecified atom stereocenters. The molecule has 2 amide bonds. The number of primary amides is 1. The lowest BCUT2D eigenvalue weighted by molar-refractivity contribution is -0.132. The fourth-order valence-corrected chi connectivity index (χ4v) is 4.45. The average molecular weight is 476 g/mol. The number of aliphatic hydroxyl groups is 1. The minimum absolute atomic E-state index is 0.0779. The molecule has 1 aliphatic rings. The molecule has 0 saturated heterocycles. The van der Waals surface area contributed by atoms with Gasteiger partial charge in [-0.25, -0.2) is 0 Å². The van der Waals surface area contributed by atoms with E-state index in [-0.39, 0.29) is 28.3 Å². The van der Waals surface area contributed by atoms with E-state index < -0.39 is 17.4 Å². The molecule has 1 atom stereocenters. The Morgan fingerprint density at radius 1 is 1.21 bits per heavy atom. The van der Waals surface area contributed by atoms with Gasteiger partial charge in [0.05, 0.1) is 17.3 Å². The maximum Gasteiger partial charge on any atom is 0.268 e. The maximum atomic E-state index is 13.8. The van der Waals surface area contributed by atoms with E-state index in [1.165, 1.54) is 17.0 Å². The van der Waals surface area contributed by atoms with Crippen molar-refractivity contribution < 1.29 is 24.2 Å². The van der Waals surface area contributed by atoms with Crippen molar-refractivity contribution in [3.63, 3.8) is 0 Å². The summed E-state index contributed by atoms with van der Waals surface area (Å²) >= 11 is 6.56. The van der Waals surface area contributed by atoms with Crippen LogP contribution < -0.4 is 15.4 Å². The van der Waals surface area contributed by atoms with E-state index in [1.807, 2.05) is 13.8 Å². The number of nitrogens with zero attached hydrogens (tertiary/aromatic N) is 2. The summed E-state index contributed by atoms with van der Waals surface area (Å²) in [4.78, 5) is 29.3. The standard InChI is InChI=1S/C24H30ClN3O5/c1-4-27(5-2)10-11-28-19-15-16(22(26)29)14-18(25)21(19)24(31,23(28)30)17-8-6-7-9-20(17)33-13-12-32-3/h6-9,14-15,31H,4-5,10-13H2,1-3H3,(H2,26,29). The van der Waals surface area contributed by atoms with Gasteiger partial charge in [0.2, 0.25) is 11.5 Å². The highest BCUT2D eigenvalue weighted by atomic mass is 35.5. The molecule has 1 aliphatic heterocycles. The first kappa shape index (κ1) is 25.0. The monoisotopic (exact) mass is 475 g/mol. The summed E-state index contributed by atoms with van der Waals surface area (Å²) in [6, 6.07) is 9.68. The highest BCUT2D eigenvalue weighted by Gasteiger charge is 2.54. The highest BCUT2D eigenvalue weighted by Crippen LogP contribution is 2.50. The van der Waals surface area contributed by atoms with Crippen molar-refractivity contribution >= 4 is 29.1 Å². The zero-order valence-electron chi connectivity index (χ0n) is 19.1. The molecular formula is C24H30ClN3O5. The number of amides is 2. The first-order valence-electron chi connectivity index (χ1n) is 10.9. The summed E-state index contributed by atoms with van der Waals surface area (Å²) in [5.41, 5.74) is 4.41. The largest absolute Gasteiger partial charge is 0.491 e. The van der Waals surface area contributed by atoms with Gasteiger partial charge in [0.15, 0.2) is 0 Å². The topological polar surface area (TPSA) is 105 Å². The molecular weight excluding hydrogens is 446 g/mol. The van der Waals surface area contributed by atoms with Crippen molar-refractivity contribution in [3.05, 3.63) is 58.1 Å². The van der Waals surface area contributed by atoms with E-state index in [2.05, 4.69) is 4.90 Å². The van der Waals surface area contributed by atoms with Gasteiger partial charge in [0.25, 0.3) is 5.91 Å². The zero-order chi connectivity index (χ0) is 24.2. The summed E-state index contributed by atoms with van der Waals surface area (Å²) in [5, 5.41) is 12.0. The van der Waals surface area contributed by atoms with Crippen LogP contribution >= 0.6 is 11.6 Å². The van der Waals surface area contributed by atoms with Crippen LogP contribution in [0.15, 0.2) is 36.4 Å². The number of hydrogen-bond donors (Lipinski definition) is 2. The number of likely N-dealkylation sites (N-methyl/N-ethyl adjacent to an activating group) is 1. The number of para-hydroxylation sites is 1. The molecule has 2 aromatic rings. The van der Waals surface area contributed by atoms with Crippen LogP contribution in [0.5, 0.6) is 5.75 Å². The van der Waals surface area contributed by atoms with Gasteiger partial charge in [-0.15, -0.1) is 0 Å². The Bertz CT molecular complexity index is 1030. The Hall–Kier alpha value is -2.65.